The van der Waals surface area contributed by atoms with Gasteiger partial charge in [-0.25, -0.2) is 0 Å². The van der Waals surface area contributed by atoms with Crippen LogP contribution in [0.25, 0.3) is 0 Å². The first-order valence-corrected chi connectivity index (χ1v) is 3.83. The van der Waals surface area contributed by atoms with Gasteiger partial charge in [-0.2, -0.15) is 0 Å². The maximum atomic E-state index is 5.45. The lowest BCUT2D eigenvalue weighted by molar-refractivity contribution is 0.0282. The molecule has 0 aromatic carbocycles. The molecule has 0 N–H and O–H groups in total. The predicted molar refractivity (Wildman–Crippen MR) is 40.5 cm³/mol. The number of hydrogen-bond donors (Lipinski definition) is 0. The quantitative estimate of drug-likeness (QED) is 0.568. The van der Waals surface area contributed by atoms with Crippen LogP contribution >= 0.6 is 0 Å². The molecule has 0 aliphatic heterocycles. The summed E-state index contributed by atoms with van der Waals surface area (Å²) in [5.41, 5.74) is 0. The van der Waals surface area contributed by atoms with Crippen molar-refractivity contribution in [2.75, 3.05) is 6.61 Å². The predicted octanol–water partition coefficient (Wildman–Crippen LogP) is 2.46. The summed E-state index contributed by atoms with van der Waals surface area (Å²) >= 11 is 0. The van der Waals surface area contributed by atoms with Crippen LogP contribution in [0, 0.1) is 5.92 Å². The summed E-state index contributed by atoms with van der Waals surface area (Å²) in [6.07, 6.45) is 1.60. The van der Waals surface area contributed by atoms with Crippen molar-refractivity contribution in [2.24, 2.45) is 5.92 Å². The molecule has 0 heterocycles. The molecule has 0 bridgehead atoms. The van der Waals surface area contributed by atoms with E-state index < -0.39 is 0 Å². The minimum atomic E-state index is 0.468. The van der Waals surface area contributed by atoms with Crippen LogP contribution in [-0.2, 0) is 4.74 Å². The van der Waals surface area contributed by atoms with Crippen LogP contribution in [0.1, 0.15) is 34.1 Å². The smallest absolute Gasteiger partial charge is 0.0595 e. The second-order valence-electron chi connectivity index (χ2n) is 2.65. The van der Waals surface area contributed by atoms with Gasteiger partial charge in [0.2, 0.25) is 0 Å². The summed E-state index contributed by atoms with van der Waals surface area (Å²) in [4.78, 5) is 0. The Balaban J connectivity index is 3.41. The van der Waals surface area contributed by atoms with E-state index in [1.807, 2.05) is 6.92 Å². The lowest BCUT2D eigenvalue weighted by Crippen LogP contribution is -2.18. The topological polar surface area (TPSA) is 9.23 Å². The van der Waals surface area contributed by atoms with Crippen molar-refractivity contribution in [3.63, 3.8) is 0 Å². The molecule has 0 fully saturated rings. The first kappa shape index (κ1) is 8.96. The van der Waals surface area contributed by atoms with Gasteiger partial charge in [-0.1, -0.05) is 20.8 Å². The first-order valence-electron chi connectivity index (χ1n) is 3.83. The molecule has 0 rings (SSSR count). The van der Waals surface area contributed by atoms with Crippen LogP contribution in [0.3, 0.4) is 0 Å². The van der Waals surface area contributed by atoms with E-state index in [1.165, 1.54) is 0 Å². The minimum absolute atomic E-state index is 0.468. The highest BCUT2D eigenvalue weighted by Gasteiger charge is 2.08. The Hall–Kier alpha value is -0.0400. The van der Waals surface area contributed by atoms with Crippen molar-refractivity contribution >= 4 is 0 Å². The van der Waals surface area contributed by atoms with Crippen molar-refractivity contribution in [3.05, 3.63) is 0 Å². The third kappa shape index (κ3) is 3.52. The molecule has 0 amide bonds. The summed E-state index contributed by atoms with van der Waals surface area (Å²) in [6, 6.07) is 0. The van der Waals surface area contributed by atoms with Crippen molar-refractivity contribution in [1.82, 2.24) is 0 Å². The van der Waals surface area contributed by atoms with Gasteiger partial charge in [0.05, 0.1) is 6.10 Å². The molecule has 0 aromatic rings. The van der Waals surface area contributed by atoms with E-state index in [2.05, 4.69) is 20.8 Å². The van der Waals surface area contributed by atoms with E-state index in [0.29, 0.717) is 12.0 Å². The lowest BCUT2D eigenvalue weighted by atomic mass is 10.1. The van der Waals surface area contributed by atoms with E-state index in [-0.39, 0.29) is 0 Å². The van der Waals surface area contributed by atoms with E-state index in [0.717, 1.165) is 13.0 Å². The molecule has 1 heteroatoms. The summed E-state index contributed by atoms with van der Waals surface area (Å²) < 4.78 is 5.45. The van der Waals surface area contributed by atoms with Gasteiger partial charge in [0.15, 0.2) is 0 Å². The largest absolute Gasteiger partial charge is 0.378 e. The van der Waals surface area contributed by atoms with Gasteiger partial charge in [0.1, 0.15) is 0 Å². The monoisotopic (exact) mass is 130 g/mol. The van der Waals surface area contributed by atoms with Crippen molar-refractivity contribution in [2.45, 2.75) is 40.2 Å². The van der Waals surface area contributed by atoms with Crippen molar-refractivity contribution < 1.29 is 4.74 Å². The zero-order chi connectivity index (χ0) is 7.28. The van der Waals surface area contributed by atoms with E-state index in [4.69, 9.17) is 4.74 Å². The van der Waals surface area contributed by atoms with Crippen LogP contribution in [0.15, 0.2) is 0 Å². The Labute approximate surface area is 58.4 Å². The van der Waals surface area contributed by atoms with Crippen LogP contribution in [0.2, 0.25) is 0 Å². The zero-order valence-electron chi connectivity index (χ0n) is 6.98. The summed E-state index contributed by atoms with van der Waals surface area (Å²) in [5, 5.41) is 0. The normalized spacial score (nSPS) is 14.3. The van der Waals surface area contributed by atoms with E-state index in [1.54, 1.807) is 0 Å². The van der Waals surface area contributed by atoms with Crippen molar-refractivity contribution in [3.8, 4) is 0 Å². The Morgan fingerprint density at radius 1 is 1.22 bits per heavy atom. The Morgan fingerprint density at radius 2 is 1.78 bits per heavy atom. The summed E-state index contributed by atoms with van der Waals surface area (Å²) in [5.74, 6) is 0.662. The van der Waals surface area contributed by atoms with Crippen LogP contribution < -0.4 is 0 Å². The van der Waals surface area contributed by atoms with Gasteiger partial charge in [0, 0.05) is 6.61 Å². The molecule has 1 atom stereocenters. The molecule has 0 radical (unpaired) electrons. The molecule has 0 saturated heterocycles. The van der Waals surface area contributed by atoms with Crippen LogP contribution in [0.4, 0.5) is 0 Å². The molecule has 1 unspecified atom stereocenters. The fourth-order valence-corrected chi connectivity index (χ4v) is 0.996. The molecule has 0 aromatic heterocycles. The third-order valence-electron chi connectivity index (χ3n) is 1.53. The van der Waals surface area contributed by atoms with E-state index >= 15 is 0 Å². The average Bonchev–Trinajstić information content (AvgIpc) is 1.82. The highest BCUT2D eigenvalue weighted by atomic mass is 16.5. The van der Waals surface area contributed by atoms with E-state index in [9.17, 15) is 0 Å². The van der Waals surface area contributed by atoms with Gasteiger partial charge in [-0.15, -0.1) is 0 Å². The van der Waals surface area contributed by atoms with Gasteiger partial charge >= 0.3 is 0 Å². The highest BCUT2D eigenvalue weighted by molar-refractivity contribution is 4.58. The van der Waals surface area contributed by atoms with Crippen molar-refractivity contribution in [1.29, 1.82) is 0 Å². The summed E-state index contributed by atoms with van der Waals surface area (Å²) in [6.45, 7) is 9.45. The maximum Gasteiger partial charge on any atom is 0.0595 e. The third-order valence-corrected chi connectivity index (χ3v) is 1.53. The molecule has 9 heavy (non-hydrogen) atoms. The fourth-order valence-electron chi connectivity index (χ4n) is 0.996. The molecule has 0 spiro atoms. The maximum absolute atomic E-state index is 5.45. The second kappa shape index (κ2) is 4.80. The second-order valence-corrected chi connectivity index (χ2v) is 2.65. The molecule has 0 aliphatic rings. The number of ether oxygens (including phenoxy) is 1. The molecule has 56 valence electrons. The fraction of sp³-hybridized carbons (Fsp3) is 1.00. The number of rotatable bonds is 4. The van der Waals surface area contributed by atoms with Gasteiger partial charge < -0.3 is 4.74 Å². The standard InChI is InChI=1S/C8H18O/c1-5-8(7(3)4)9-6-2/h7-8H,5-6H2,1-4H3. The van der Waals surface area contributed by atoms with Gasteiger partial charge in [0.25, 0.3) is 0 Å². The molecule has 0 saturated carbocycles. The minimum Gasteiger partial charge on any atom is -0.378 e. The van der Waals surface area contributed by atoms with Gasteiger partial charge in [-0.3, -0.25) is 0 Å². The lowest BCUT2D eigenvalue weighted by Gasteiger charge is -2.18. The zero-order valence-corrected chi connectivity index (χ0v) is 6.98. The number of hydrogen-bond acceptors (Lipinski definition) is 1. The average molecular weight is 130 g/mol. The summed E-state index contributed by atoms with van der Waals surface area (Å²) in [7, 11) is 0. The van der Waals surface area contributed by atoms with Crippen LogP contribution in [0.5, 0.6) is 0 Å². The Kier molecular flexibility index (Phi) is 4.78. The SMILES string of the molecule is CCOC(CC)C(C)C. The molecule has 1 nitrogen and oxygen atoms in total. The molecular formula is C8H18O. The Morgan fingerprint density at radius 3 is 1.89 bits per heavy atom. The Bertz CT molecular complexity index is 59.6. The molecule has 0 aliphatic carbocycles. The van der Waals surface area contributed by atoms with Crippen LogP contribution in [-0.4, -0.2) is 12.7 Å². The first-order chi connectivity index (χ1) is 4.22. The molecular weight excluding hydrogens is 112 g/mol. The van der Waals surface area contributed by atoms with Gasteiger partial charge in [-0.05, 0) is 19.3 Å². The highest BCUT2D eigenvalue weighted by Crippen LogP contribution is 2.09.